The molecule has 0 aliphatic rings. The standard InChI is InChI=1S/C12H21N3O/c1-5-9(6-2)15(3)11-8-7-10(13)12(14-11)16-4/h7-9H,5-6,13H2,1-4H3. The first-order valence-corrected chi connectivity index (χ1v) is 5.67. The third-order valence-electron chi connectivity index (χ3n) is 2.92. The molecule has 0 bridgehead atoms. The minimum absolute atomic E-state index is 0.496. The highest BCUT2D eigenvalue weighted by Gasteiger charge is 2.13. The summed E-state index contributed by atoms with van der Waals surface area (Å²) >= 11 is 0. The predicted molar refractivity (Wildman–Crippen MR) is 68.0 cm³/mol. The zero-order chi connectivity index (χ0) is 12.1. The largest absolute Gasteiger partial charge is 0.479 e. The Labute approximate surface area is 97.4 Å². The van der Waals surface area contributed by atoms with E-state index in [9.17, 15) is 0 Å². The van der Waals surface area contributed by atoms with Crippen LogP contribution in [-0.4, -0.2) is 25.2 Å². The van der Waals surface area contributed by atoms with Gasteiger partial charge in [0.25, 0.3) is 0 Å². The molecule has 4 heteroatoms. The molecular formula is C12H21N3O. The average molecular weight is 223 g/mol. The van der Waals surface area contributed by atoms with Crippen molar-refractivity contribution >= 4 is 11.5 Å². The van der Waals surface area contributed by atoms with Crippen LogP contribution in [0.25, 0.3) is 0 Å². The van der Waals surface area contributed by atoms with Crippen molar-refractivity contribution in [1.82, 2.24) is 4.98 Å². The highest BCUT2D eigenvalue weighted by molar-refractivity contribution is 5.54. The van der Waals surface area contributed by atoms with Crippen LogP contribution in [0.1, 0.15) is 26.7 Å². The van der Waals surface area contributed by atoms with Gasteiger partial charge in [-0.25, -0.2) is 0 Å². The summed E-state index contributed by atoms with van der Waals surface area (Å²) in [7, 11) is 3.63. The maximum absolute atomic E-state index is 5.74. The molecule has 0 radical (unpaired) electrons. The Morgan fingerprint density at radius 1 is 1.38 bits per heavy atom. The lowest BCUT2D eigenvalue weighted by Crippen LogP contribution is -2.31. The second kappa shape index (κ2) is 5.58. The third-order valence-corrected chi connectivity index (χ3v) is 2.92. The van der Waals surface area contributed by atoms with E-state index >= 15 is 0 Å². The van der Waals surface area contributed by atoms with E-state index in [0.717, 1.165) is 18.7 Å². The van der Waals surface area contributed by atoms with Crippen molar-refractivity contribution in [3.05, 3.63) is 12.1 Å². The summed E-state index contributed by atoms with van der Waals surface area (Å²) < 4.78 is 5.12. The van der Waals surface area contributed by atoms with Crippen LogP contribution in [0, 0.1) is 0 Å². The van der Waals surface area contributed by atoms with Crippen LogP contribution in [-0.2, 0) is 0 Å². The van der Waals surface area contributed by atoms with Crippen LogP contribution in [0.2, 0.25) is 0 Å². The number of nitrogen functional groups attached to an aromatic ring is 1. The van der Waals surface area contributed by atoms with Crippen molar-refractivity contribution in [3.63, 3.8) is 0 Å². The fourth-order valence-electron chi connectivity index (χ4n) is 1.82. The molecule has 0 atom stereocenters. The van der Waals surface area contributed by atoms with Gasteiger partial charge in [0.05, 0.1) is 12.8 Å². The molecular weight excluding hydrogens is 202 g/mol. The van der Waals surface area contributed by atoms with E-state index in [1.807, 2.05) is 12.1 Å². The van der Waals surface area contributed by atoms with Crippen molar-refractivity contribution < 1.29 is 4.74 Å². The van der Waals surface area contributed by atoms with E-state index < -0.39 is 0 Å². The van der Waals surface area contributed by atoms with Crippen LogP contribution in [0.5, 0.6) is 5.88 Å². The quantitative estimate of drug-likeness (QED) is 0.832. The Bertz CT molecular complexity index is 337. The molecule has 0 aliphatic carbocycles. The number of rotatable bonds is 5. The number of hydrogen-bond donors (Lipinski definition) is 1. The van der Waals surface area contributed by atoms with Crippen molar-refractivity contribution in [1.29, 1.82) is 0 Å². The Hall–Kier alpha value is -1.45. The second-order valence-electron chi connectivity index (χ2n) is 3.85. The molecule has 0 aromatic carbocycles. The molecule has 1 rings (SSSR count). The van der Waals surface area contributed by atoms with Crippen molar-refractivity contribution in [3.8, 4) is 5.88 Å². The monoisotopic (exact) mass is 223 g/mol. The van der Waals surface area contributed by atoms with Crippen molar-refractivity contribution in [2.24, 2.45) is 0 Å². The Morgan fingerprint density at radius 3 is 2.50 bits per heavy atom. The Kier molecular flexibility index (Phi) is 4.40. The molecule has 1 aromatic heterocycles. The fraction of sp³-hybridized carbons (Fsp3) is 0.583. The van der Waals surface area contributed by atoms with E-state index in [4.69, 9.17) is 10.5 Å². The molecule has 1 heterocycles. The molecule has 16 heavy (non-hydrogen) atoms. The molecule has 0 fully saturated rings. The van der Waals surface area contributed by atoms with Gasteiger partial charge in [-0.05, 0) is 25.0 Å². The molecule has 1 aromatic rings. The number of methoxy groups -OCH3 is 1. The van der Waals surface area contributed by atoms with Gasteiger partial charge in [0.1, 0.15) is 5.82 Å². The highest BCUT2D eigenvalue weighted by atomic mass is 16.5. The van der Waals surface area contributed by atoms with Gasteiger partial charge in [-0.2, -0.15) is 4.98 Å². The minimum atomic E-state index is 0.496. The maximum Gasteiger partial charge on any atom is 0.238 e. The molecule has 4 nitrogen and oxygen atoms in total. The normalized spacial score (nSPS) is 10.6. The third kappa shape index (κ3) is 2.56. The van der Waals surface area contributed by atoms with Crippen LogP contribution >= 0.6 is 0 Å². The molecule has 0 saturated heterocycles. The van der Waals surface area contributed by atoms with Gasteiger partial charge in [0.2, 0.25) is 5.88 Å². The average Bonchev–Trinajstić information content (AvgIpc) is 2.31. The summed E-state index contributed by atoms with van der Waals surface area (Å²) in [5.41, 5.74) is 6.31. The number of hydrogen-bond acceptors (Lipinski definition) is 4. The molecule has 0 amide bonds. The van der Waals surface area contributed by atoms with Crippen LogP contribution in [0.3, 0.4) is 0 Å². The molecule has 0 unspecified atom stereocenters. The lowest BCUT2D eigenvalue weighted by Gasteiger charge is -2.27. The van der Waals surface area contributed by atoms with E-state index in [1.165, 1.54) is 0 Å². The first-order chi connectivity index (χ1) is 7.63. The second-order valence-corrected chi connectivity index (χ2v) is 3.85. The molecule has 0 spiro atoms. The van der Waals surface area contributed by atoms with Gasteiger partial charge in [-0.1, -0.05) is 13.8 Å². The van der Waals surface area contributed by atoms with E-state index in [-0.39, 0.29) is 0 Å². The van der Waals surface area contributed by atoms with Gasteiger partial charge in [-0.15, -0.1) is 0 Å². The van der Waals surface area contributed by atoms with Gasteiger partial charge in [-0.3, -0.25) is 0 Å². The maximum atomic E-state index is 5.74. The summed E-state index contributed by atoms with van der Waals surface area (Å²) in [6.45, 7) is 4.36. The summed E-state index contributed by atoms with van der Waals surface area (Å²) in [6.07, 6.45) is 2.20. The first kappa shape index (κ1) is 12.6. The van der Waals surface area contributed by atoms with Crippen molar-refractivity contribution in [2.75, 3.05) is 24.8 Å². The van der Waals surface area contributed by atoms with E-state index in [0.29, 0.717) is 17.6 Å². The van der Waals surface area contributed by atoms with Gasteiger partial charge in [0.15, 0.2) is 0 Å². The molecule has 0 aliphatic heterocycles. The number of nitrogens with two attached hydrogens (primary N) is 1. The summed E-state index contributed by atoms with van der Waals surface area (Å²) in [6, 6.07) is 4.26. The van der Waals surface area contributed by atoms with Gasteiger partial charge >= 0.3 is 0 Å². The highest BCUT2D eigenvalue weighted by Crippen LogP contribution is 2.24. The molecule has 0 saturated carbocycles. The zero-order valence-electron chi connectivity index (χ0n) is 10.5. The lowest BCUT2D eigenvalue weighted by molar-refractivity contribution is 0.400. The van der Waals surface area contributed by atoms with Crippen LogP contribution in [0.4, 0.5) is 11.5 Å². The lowest BCUT2D eigenvalue weighted by atomic mass is 10.1. The van der Waals surface area contributed by atoms with Crippen molar-refractivity contribution in [2.45, 2.75) is 32.7 Å². The topological polar surface area (TPSA) is 51.4 Å². The molecule has 2 N–H and O–H groups in total. The Morgan fingerprint density at radius 2 is 2.00 bits per heavy atom. The van der Waals surface area contributed by atoms with Gasteiger partial charge in [0, 0.05) is 13.1 Å². The minimum Gasteiger partial charge on any atom is -0.479 e. The number of aromatic nitrogens is 1. The summed E-state index contributed by atoms with van der Waals surface area (Å²) in [4.78, 5) is 6.55. The zero-order valence-corrected chi connectivity index (χ0v) is 10.5. The Balaban J connectivity index is 2.95. The number of nitrogens with zero attached hydrogens (tertiary/aromatic N) is 2. The summed E-state index contributed by atoms with van der Waals surface area (Å²) in [5, 5.41) is 0. The first-order valence-electron chi connectivity index (χ1n) is 5.67. The molecule has 90 valence electrons. The predicted octanol–water partition coefficient (Wildman–Crippen LogP) is 2.30. The fourth-order valence-corrected chi connectivity index (χ4v) is 1.82. The summed E-state index contributed by atoms with van der Waals surface area (Å²) in [5.74, 6) is 1.40. The SMILES string of the molecule is CCC(CC)N(C)c1ccc(N)c(OC)n1. The van der Waals surface area contributed by atoms with Crippen LogP contribution in [0.15, 0.2) is 12.1 Å². The van der Waals surface area contributed by atoms with Gasteiger partial charge < -0.3 is 15.4 Å². The smallest absolute Gasteiger partial charge is 0.238 e. The van der Waals surface area contributed by atoms with Crippen LogP contribution < -0.4 is 15.4 Å². The van der Waals surface area contributed by atoms with E-state index in [2.05, 4.69) is 30.8 Å². The number of ether oxygens (including phenoxy) is 1. The number of pyridine rings is 1. The number of anilines is 2. The van der Waals surface area contributed by atoms with E-state index in [1.54, 1.807) is 7.11 Å².